The van der Waals surface area contributed by atoms with Crippen molar-refractivity contribution in [1.29, 1.82) is 0 Å². The second-order valence-electron chi connectivity index (χ2n) is 10.3. The number of nitrogens with one attached hydrogen (secondary N) is 2. The van der Waals surface area contributed by atoms with Gasteiger partial charge in [0.2, 0.25) is 5.91 Å². The highest BCUT2D eigenvalue weighted by Gasteiger charge is 2.59. The quantitative estimate of drug-likeness (QED) is 0.299. The number of rotatable bonds is 10. The van der Waals surface area contributed by atoms with Crippen LogP contribution < -0.4 is 16.4 Å². The minimum Gasteiger partial charge on any atom is -0.394 e. The van der Waals surface area contributed by atoms with Gasteiger partial charge in [-0.25, -0.2) is 8.78 Å². The summed E-state index contributed by atoms with van der Waals surface area (Å²) in [5, 5.41) is 24.9. The maximum absolute atomic E-state index is 15.6. The zero-order chi connectivity index (χ0) is 27.7. The number of halogens is 4. The number of benzene rings is 2. The van der Waals surface area contributed by atoms with E-state index in [1.54, 1.807) is 6.07 Å². The van der Waals surface area contributed by atoms with Gasteiger partial charge in [-0.3, -0.25) is 4.79 Å². The molecule has 5 atom stereocenters. The molecule has 2 aliphatic rings. The largest absolute Gasteiger partial charge is 0.394 e. The van der Waals surface area contributed by atoms with E-state index in [2.05, 4.69) is 10.6 Å². The molecule has 2 aromatic carbocycles. The van der Waals surface area contributed by atoms with Crippen LogP contribution in [0, 0.1) is 17.0 Å². The Bertz CT molecular complexity index is 1160. The first kappa shape index (κ1) is 29.1. The molecule has 5 unspecified atom stereocenters. The lowest BCUT2D eigenvalue weighted by molar-refractivity contribution is -0.126. The van der Waals surface area contributed by atoms with E-state index in [-0.39, 0.29) is 39.6 Å². The minimum absolute atomic E-state index is 0.0633. The molecule has 0 saturated carbocycles. The van der Waals surface area contributed by atoms with E-state index in [0.29, 0.717) is 19.6 Å². The lowest BCUT2D eigenvalue weighted by Gasteiger charge is -2.46. The smallest absolute Gasteiger partial charge is 0.237 e. The Morgan fingerprint density at radius 3 is 2.63 bits per heavy atom. The maximum Gasteiger partial charge on any atom is 0.237 e. The van der Waals surface area contributed by atoms with E-state index in [0.717, 1.165) is 12.5 Å². The van der Waals surface area contributed by atoms with Gasteiger partial charge in [-0.05, 0) is 43.0 Å². The molecule has 1 amide bonds. The number of hydrogen-bond acceptors (Lipinski definition) is 6. The summed E-state index contributed by atoms with van der Waals surface area (Å²) in [6, 6.07) is 6.90. The Labute approximate surface area is 230 Å². The number of ether oxygens (including phenoxy) is 1. The number of aliphatic hydroxyl groups excluding tert-OH is 2. The minimum atomic E-state index is -1.58. The summed E-state index contributed by atoms with van der Waals surface area (Å²) in [4.78, 5) is 13.5. The zero-order valence-electron chi connectivity index (χ0n) is 21.0. The molecule has 0 radical (unpaired) electrons. The van der Waals surface area contributed by atoms with Gasteiger partial charge in [0.25, 0.3) is 0 Å². The van der Waals surface area contributed by atoms with E-state index in [1.165, 1.54) is 24.3 Å². The first-order valence-corrected chi connectivity index (χ1v) is 13.4. The average molecular weight is 572 g/mol. The number of carbonyl (C=O) groups is 1. The van der Waals surface area contributed by atoms with Crippen LogP contribution in [0.5, 0.6) is 0 Å². The summed E-state index contributed by atoms with van der Waals surface area (Å²) >= 11 is 12.2. The monoisotopic (exact) mass is 571 g/mol. The summed E-state index contributed by atoms with van der Waals surface area (Å²) in [6.07, 6.45) is 0.342. The Kier molecular flexibility index (Phi) is 8.98. The Morgan fingerprint density at radius 2 is 2.03 bits per heavy atom. The highest BCUT2D eigenvalue weighted by atomic mass is 35.5. The molecule has 0 aliphatic carbocycles. The second-order valence-corrected chi connectivity index (χ2v) is 11.2. The third-order valence-corrected chi connectivity index (χ3v) is 8.52. The molecule has 11 heteroatoms. The molecule has 38 heavy (non-hydrogen) atoms. The van der Waals surface area contributed by atoms with Crippen molar-refractivity contribution in [2.45, 2.75) is 55.8 Å². The topological polar surface area (TPSA) is 117 Å². The van der Waals surface area contributed by atoms with Crippen molar-refractivity contribution in [2.75, 3.05) is 26.4 Å². The van der Waals surface area contributed by atoms with Crippen LogP contribution in [0.25, 0.3) is 0 Å². The van der Waals surface area contributed by atoms with Crippen LogP contribution in [0.15, 0.2) is 36.4 Å². The van der Waals surface area contributed by atoms with Crippen LogP contribution in [0.2, 0.25) is 10.0 Å². The Morgan fingerprint density at radius 1 is 1.29 bits per heavy atom. The highest BCUT2D eigenvalue weighted by molar-refractivity contribution is 6.31. The van der Waals surface area contributed by atoms with Crippen molar-refractivity contribution in [3.05, 3.63) is 69.2 Å². The van der Waals surface area contributed by atoms with Gasteiger partial charge >= 0.3 is 0 Å². The predicted octanol–water partition coefficient (Wildman–Crippen LogP) is 3.23. The van der Waals surface area contributed by atoms with Gasteiger partial charge < -0.3 is 31.3 Å². The molecule has 2 aliphatic heterocycles. The van der Waals surface area contributed by atoms with E-state index in [4.69, 9.17) is 38.8 Å². The van der Waals surface area contributed by atoms with Crippen molar-refractivity contribution < 1.29 is 28.5 Å². The summed E-state index contributed by atoms with van der Waals surface area (Å²) in [6.45, 7) is 2.63. The van der Waals surface area contributed by atoms with Crippen LogP contribution >= 0.6 is 23.2 Å². The molecular formula is C27H33Cl2F2N3O4. The first-order valence-electron chi connectivity index (χ1n) is 12.6. The molecule has 0 bridgehead atoms. The normalized spacial score (nSPS) is 27.1. The average Bonchev–Trinajstić information content (AvgIpc) is 3.15. The molecule has 2 heterocycles. The number of amides is 1. The Hall–Kier alpha value is -1.85. The van der Waals surface area contributed by atoms with Crippen LogP contribution in [0.1, 0.15) is 43.2 Å². The summed E-state index contributed by atoms with van der Waals surface area (Å²) in [7, 11) is 0. The fourth-order valence-corrected chi connectivity index (χ4v) is 5.99. The van der Waals surface area contributed by atoms with Crippen LogP contribution in [0.3, 0.4) is 0 Å². The molecule has 6 N–H and O–H groups in total. The third kappa shape index (κ3) is 5.43. The second kappa shape index (κ2) is 11.7. The lowest BCUT2D eigenvalue weighted by atomic mass is 9.66. The maximum atomic E-state index is 15.6. The predicted molar refractivity (Wildman–Crippen MR) is 141 cm³/mol. The zero-order valence-corrected chi connectivity index (χ0v) is 22.5. The van der Waals surface area contributed by atoms with E-state index in [9.17, 15) is 9.90 Å². The highest BCUT2D eigenvalue weighted by Crippen LogP contribution is 2.51. The lowest BCUT2D eigenvalue weighted by Crippen LogP contribution is -2.56. The standard InChI is InChI=1S/C27H33Cl2F2N3O4/c1-2-26(13-38-14-26)11-21-27(32,18-7-6-15(28)10-20(18)30)22(17-4-3-5-19(29)23(17)31)24(34-21)25(37)33-9-8-16(36)12-35/h3-7,10,16,21-22,24,34-36H,2,8-9,11-14,32H2,1H3,(H,33,37). The molecule has 0 spiro atoms. The van der Waals surface area contributed by atoms with Crippen molar-refractivity contribution in [3.8, 4) is 0 Å². The van der Waals surface area contributed by atoms with Gasteiger partial charge in [0.05, 0.1) is 42.5 Å². The summed E-state index contributed by atoms with van der Waals surface area (Å²) in [5.41, 5.74) is 5.55. The molecule has 0 aromatic heterocycles. The van der Waals surface area contributed by atoms with Gasteiger partial charge in [-0.1, -0.05) is 48.3 Å². The number of hydrogen-bond donors (Lipinski definition) is 5. The van der Waals surface area contributed by atoms with Crippen molar-refractivity contribution in [3.63, 3.8) is 0 Å². The van der Waals surface area contributed by atoms with Gasteiger partial charge in [0.1, 0.15) is 11.6 Å². The van der Waals surface area contributed by atoms with Gasteiger partial charge in [0.15, 0.2) is 0 Å². The van der Waals surface area contributed by atoms with Crippen molar-refractivity contribution in [2.24, 2.45) is 11.1 Å². The molecule has 208 valence electrons. The molecule has 4 rings (SSSR count). The fourth-order valence-electron chi connectivity index (χ4n) is 5.64. The molecule has 2 saturated heterocycles. The van der Waals surface area contributed by atoms with Gasteiger partial charge in [0, 0.05) is 34.5 Å². The summed E-state index contributed by atoms with van der Waals surface area (Å²) in [5.74, 6) is -2.96. The number of carbonyl (C=O) groups excluding carboxylic acids is 1. The summed E-state index contributed by atoms with van der Waals surface area (Å²) < 4.78 is 36.7. The SMILES string of the molecule is CCC1(CC2NC(C(=O)NCCC(O)CO)C(c3cccc(Cl)c3F)C2(N)c2ccc(Cl)cc2F)COC1. The van der Waals surface area contributed by atoms with Crippen LogP contribution in [-0.4, -0.2) is 60.7 Å². The van der Waals surface area contributed by atoms with E-state index in [1.807, 2.05) is 6.92 Å². The van der Waals surface area contributed by atoms with Gasteiger partial charge in [-0.2, -0.15) is 0 Å². The van der Waals surface area contributed by atoms with E-state index < -0.39 is 53.8 Å². The fraction of sp³-hybridized carbons (Fsp3) is 0.519. The van der Waals surface area contributed by atoms with Gasteiger partial charge in [-0.15, -0.1) is 0 Å². The molecule has 2 aromatic rings. The molecular weight excluding hydrogens is 539 g/mol. The number of aliphatic hydroxyl groups is 2. The number of nitrogens with two attached hydrogens (primary N) is 1. The molecule has 7 nitrogen and oxygen atoms in total. The third-order valence-electron chi connectivity index (χ3n) is 7.99. The Balaban J connectivity index is 1.83. The van der Waals surface area contributed by atoms with Crippen molar-refractivity contribution >= 4 is 29.1 Å². The van der Waals surface area contributed by atoms with E-state index >= 15 is 8.78 Å². The first-order chi connectivity index (χ1) is 18.1. The molecule has 2 fully saturated rings. The van der Waals surface area contributed by atoms with Crippen LogP contribution in [-0.2, 0) is 15.1 Å². The van der Waals surface area contributed by atoms with Crippen LogP contribution in [0.4, 0.5) is 8.78 Å². The van der Waals surface area contributed by atoms with Crippen molar-refractivity contribution in [1.82, 2.24) is 10.6 Å².